The molecule has 1 atom stereocenters. The van der Waals surface area contributed by atoms with Gasteiger partial charge >= 0.3 is 0 Å². The highest BCUT2D eigenvalue weighted by molar-refractivity contribution is 7.20. The normalized spacial score (nSPS) is 19.3. The molecule has 0 radical (unpaired) electrons. The third-order valence-corrected chi connectivity index (χ3v) is 5.05. The summed E-state index contributed by atoms with van der Waals surface area (Å²) in [6.07, 6.45) is 2.51. The number of carbonyl (C=O) groups is 1. The summed E-state index contributed by atoms with van der Waals surface area (Å²) in [5.74, 6) is 1.98. The maximum atomic E-state index is 11.4. The van der Waals surface area contributed by atoms with Crippen molar-refractivity contribution in [1.29, 1.82) is 0 Å². The fraction of sp³-hybridized carbons (Fsp3) is 0.467. The topological polar surface area (TPSA) is 33.2 Å². The van der Waals surface area contributed by atoms with Gasteiger partial charge in [-0.3, -0.25) is 4.79 Å². The number of hydrogen-bond acceptors (Lipinski definition) is 4. The van der Waals surface area contributed by atoms with Crippen LogP contribution in [0.5, 0.6) is 0 Å². The van der Waals surface area contributed by atoms with E-state index in [-0.39, 0.29) is 5.78 Å². The summed E-state index contributed by atoms with van der Waals surface area (Å²) in [5.41, 5.74) is 0. The first-order chi connectivity index (χ1) is 9.17. The Morgan fingerprint density at radius 1 is 1.53 bits per heavy atom. The summed E-state index contributed by atoms with van der Waals surface area (Å²) in [6, 6.07) is 6.11. The lowest BCUT2D eigenvalue weighted by atomic mass is 10.1. The van der Waals surface area contributed by atoms with Crippen LogP contribution >= 0.6 is 11.3 Å². The second-order valence-corrected chi connectivity index (χ2v) is 6.27. The smallest absolute Gasteiger partial charge is 0.169 e. The summed E-state index contributed by atoms with van der Waals surface area (Å²) in [5, 5.41) is 1.07. The molecule has 0 bridgehead atoms. The second-order valence-electron chi connectivity index (χ2n) is 5.24. The van der Waals surface area contributed by atoms with E-state index in [4.69, 9.17) is 4.98 Å². The van der Waals surface area contributed by atoms with E-state index in [0.29, 0.717) is 0 Å². The van der Waals surface area contributed by atoms with E-state index in [1.54, 1.807) is 6.92 Å². The number of nitrogens with zero attached hydrogens (tertiary/aromatic N) is 2. The van der Waals surface area contributed by atoms with Crippen LogP contribution in [0.1, 0.15) is 36.4 Å². The largest absolute Gasteiger partial charge is 0.356 e. The predicted octanol–water partition coefficient (Wildman–Crippen LogP) is 3.74. The highest BCUT2D eigenvalue weighted by atomic mass is 32.1. The van der Waals surface area contributed by atoms with Crippen molar-refractivity contribution in [3.63, 3.8) is 0 Å². The fourth-order valence-electron chi connectivity index (χ4n) is 2.63. The molecule has 100 valence electrons. The third-order valence-electron chi connectivity index (χ3n) is 3.90. The number of thiophene rings is 1. The molecule has 19 heavy (non-hydrogen) atoms. The van der Waals surface area contributed by atoms with Gasteiger partial charge in [-0.05, 0) is 37.5 Å². The molecule has 0 spiro atoms. The molecule has 0 amide bonds. The first kappa shape index (κ1) is 12.6. The zero-order chi connectivity index (χ0) is 13.4. The summed E-state index contributed by atoms with van der Waals surface area (Å²) in [6.45, 7) is 6.07. The van der Waals surface area contributed by atoms with E-state index < -0.39 is 0 Å². The van der Waals surface area contributed by atoms with E-state index in [1.165, 1.54) is 24.2 Å². The van der Waals surface area contributed by atoms with Gasteiger partial charge in [0.25, 0.3) is 0 Å². The number of rotatable bonds is 3. The Balaban J connectivity index is 1.91. The Morgan fingerprint density at radius 2 is 2.37 bits per heavy atom. The lowest BCUT2D eigenvalue weighted by Crippen LogP contribution is -2.20. The molecule has 0 saturated carbocycles. The van der Waals surface area contributed by atoms with Crippen LogP contribution in [0.2, 0.25) is 0 Å². The average molecular weight is 274 g/mol. The molecule has 2 aromatic heterocycles. The predicted molar refractivity (Wildman–Crippen MR) is 80.2 cm³/mol. The van der Waals surface area contributed by atoms with Crippen molar-refractivity contribution in [1.82, 2.24) is 4.98 Å². The number of pyridine rings is 1. The van der Waals surface area contributed by atoms with E-state index in [2.05, 4.69) is 24.0 Å². The Hall–Kier alpha value is -1.42. The lowest BCUT2D eigenvalue weighted by Gasteiger charge is -2.17. The summed E-state index contributed by atoms with van der Waals surface area (Å²) >= 11 is 1.50. The molecule has 3 heterocycles. The average Bonchev–Trinajstić information content (AvgIpc) is 3.04. The van der Waals surface area contributed by atoms with Crippen LogP contribution in [0, 0.1) is 5.92 Å². The van der Waals surface area contributed by atoms with Crippen LogP contribution in [0.4, 0.5) is 5.82 Å². The molecule has 0 unspecified atom stereocenters. The SMILES string of the molecule is CC[C@@H]1CCN(c2ccc3cc(C(C)=O)sc3n2)C1. The number of carbonyl (C=O) groups excluding carboxylic acids is 1. The van der Waals surface area contributed by atoms with Gasteiger partial charge in [0.1, 0.15) is 10.6 Å². The fourth-order valence-corrected chi connectivity index (χ4v) is 3.55. The maximum absolute atomic E-state index is 11.4. The molecule has 1 saturated heterocycles. The molecule has 1 aliphatic rings. The first-order valence-electron chi connectivity index (χ1n) is 6.84. The Labute approximate surface area is 117 Å². The standard InChI is InChI=1S/C15H18N2OS/c1-3-11-6-7-17(9-11)14-5-4-12-8-13(10(2)18)19-15(12)16-14/h4-5,8,11H,3,6-7,9H2,1-2H3/t11-/m1/s1. The highest BCUT2D eigenvalue weighted by Crippen LogP contribution is 2.29. The number of Topliss-reactive ketones (excluding diaryl/α,β-unsaturated/α-hetero) is 1. The zero-order valence-corrected chi connectivity index (χ0v) is 12.2. The van der Waals surface area contributed by atoms with Crippen molar-refractivity contribution in [2.24, 2.45) is 5.92 Å². The van der Waals surface area contributed by atoms with Crippen LogP contribution in [-0.4, -0.2) is 23.9 Å². The van der Waals surface area contributed by atoms with Crippen LogP contribution < -0.4 is 4.90 Å². The van der Waals surface area contributed by atoms with Crippen molar-refractivity contribution in [2.75, 3.05) is 18.0 Å². The van der Waals surface area contributed by atoms with Gasteiger partial charge in [0.05, 0.1) is 4.88 Å². The molecule has 2 aromatic rings. The van der Waals surface area contributed by atoms with Gasteiger partial charge in [-0.25, -0.2) is 4.98 Å². The molecule has 0 N–H and O–H groups in total. The van der Waals surface area contributed by atoms with E-state index in [9.17, 15) is 4.79 Å². The van der Waals surface area contributed by atoms with Gasteiger partial charge in [-0.15, -0.1) is 11.3 Å². The minimum atomic E-state index is 0.122. The Morgan fingerprint density at radius 3 is 3.05 bits per heavy atom. The number of anilines is 1. The molecule has 3 rings (SSSR count). The van der Waals surface area contributed by atoms with Gasteiger partial charge in [-0.2, -0.15) is 0 Å². The van der Waals surface area contributed by atoms with Crippen LogP contribution in [0.25, 0.3) is 10.2 Å². The number of aromatic nitrogens is 1. The molecular formula is C15H18N2OS. The van der Waals surface area contributed by atoms with Crippen molar-refractivity contribution in [3.8, 4) is 0 Å². The van der Waals surface area contributed by atoms with Gasteiger partial charge in [0.15, 0.2) is 5.78 Å². The molecule has 1 fully saturated rings. The van der Waals surface area contributed by atoms with E-state index >= 15 is 0 Å². The molecule has 0 aromatic carbocycles. The molecule has 3 nitrogen and oxygen atoms in total. The quantitative estimate of drug-likeness (QED) is 0.799. The minimum Gasteiger partial charge on any atom is -0.356 e. The van der Waals surface area contributed by atoms with Crippen LogP contribution in [0.3, 0.4) is 0 Å². The molecular weight excluding hydrogens is 256 g/mol. The lowest BCUT2D eigenvalue weighted by molar-refractivity contribution is 0.102. The maximum Gasteiger partial charge on any atom is 0.169 e. The monoisotopic (exact) mass is 274 g/mol. The van der Waals surface area contributed by atoms with Crippen LogP contribution in [0.15, 0.2) is 18.2 Å². The van der Waals surface area contributed by atoms with Crippen molar-refractivity contribution in [2.45, 2.75) is 26.7 Å². The zero-order valence-electron chi connectivity index (χ0n) is 11.3. The number of ketones is 1. The van der Waals surface area contributed by atoms with Crippen molar-refractivity contribution < 1.29 is 4.79 Å². The number of hydrogen-bond donors (Lipinski definition) is 0. The third kappa shape index (κ3) is 2.37. The van der Waals surface area contributed by atoms with Gasteiger partial charge in [0, 0.05) is 18.5 Å². The second kappa shape index (κ2) is 4.93. The summed E-state index contributed by atoms with van der Waals surface area (Å²) in [7, 11) is 0. The minimum absolute atomic E-state index is 0.122. The van der Waals surface area contributed by atoms with Crippen molar-refractivity contribution >= 4 is 33.2 Å². The van der Waals surface area contributed by atoms with E-state index in [0.717, 1.165) is 39.9 Å². The summed E-state index contributed by atoms with van der Waals surface area (Å²) < 4.78 is 0. The summed E-state index contributed by atoms with van der Waals surface area (Å²) in [4.78, 5) is 20.3. The highest BCUT2D eigenvalue weighted by Gasteiger charge is 2.22. The Kier molecular flexibility index (Phi) is 3.27. The molecule has 1 aliphatic heterocycles. The van der Waals surface area contributed by atoms with Gasteiger partial charge in [-0.1, -0.05) is 13.3 Å². The number of fused-ring (bicyclic) bond motifs is 1. The molecule has 0 aliphatic carbocycles. The van der Waals surface area contributed by atoms with Crippen molar-refractivity contribution in [3.05, 3.63) is 23.1 Å². The Bertz CT molecular complexity index is 620. The van der Waals surface area contributed by atoms with Gasteiger partial charge < -0.3 is 4.90 Å². The molecule has 4 heteroatoms. The van der Waals surface area contributed by atoms with Crippen LogP contribution in [-0.2, 0) is 0 Å². The van der Waals surface area contributed by atoms with Gasteiger partial charge in [0.2, 0.25) is 0 Å². The first-order valence-corrected chi connectivity index (χ1v) is 7.65. The van der Waals surface area contributed by atoms with E-state index in [1.807, 2.05) is 6.07 Å².